The Hall–Kier alpha value is -1.09. The third kappa shape index (κ3) is 1.97. The van der Waals surface area contributed by atoms with Gasteiger partial charge in [-0.1, -0.05) is 22.5 Å². The summed E-state index contributed by atoms with van der Waals surface area (Å²) in [6.45, 7) is 8.84. The Labute approximate surface area is 97.8 Å². The van der Waals surface area contributed by atoms with Crippen LogP contribution in [0.1, 0.15) is 11.1 Å². The van der Waals surface area contributed by atoms with Gasteiger partial charge in [0.1, 0.15) is 0 Å². The SMILES string of the molecule is C=C(Br)Cn1cnc2cc(C)c(C)cc21. The third-order valence-corrected chi connectivity index (χ3v) is 2.83. The molecule has 1 heterocycles. The highest BCUT2D eigenvalue weighted by molar-refractivity contribution is 9.11. The van der Waals surface area contributed by atoms with Crippen molar-refractivity contribution in [1.29, 1.82) is 0 Å². The number of hydrogen-bond acceptors (Lipinski definition) is 1. The lowest BCUT2D eigenvalue weighted by Crippen LogP contribution is -1.95. The lowest BCUT2D eigenvalue weighted by Gasteiger charge is -2.04. The van der Waals surface area contributed by atoms with E-state index in [4.69, 9.17) is 0 Å². The summed E-state index contributed by atoms with van der Waals surface area (Å²) in [6, 6.07) is 4.30. The van der Waals surface area contributed by atoms with Crippen molar-refractivity contribution in [3.8, 4) is 0 Å². The second-order valence-corrected chi connectivity index (χ2v) is 4.94. The summed E-state index contributed by atoms with van der Waals surface area (Å²) in [5.41, 5.74) is 4.79. The Morgan fingerprint density at radius 3 is 2.73 bits per heavy atom. The molecule has 0 N–H and O–H groups in total. The highest BCUT2D eigenvalue weighted by atomic mass is 79.9. The van der Waals surface area contributed by atoms with Gasteiger partial charge in [0.05, 0.1) is 23.9 Å². The second-order valence-electron chi connectivity index (χ2n) is 3.81. The number of allylic oxidation sites excluding steroid dienone is 1. The van der Waals surface area contributed by atoms with Gasteiger partial charge < -0.3 is 4.57 Å². The number of fused-ring (bicyclic) bond motifs is 1. The molecule has 0 aliphatic rings. The fourth-order valence-electron chi connectivity index (χ4n) is 1.62. The molecule has 1 aromatic carbocycles. The average molecular weight is 265 g/mol. The van der Waals surface area contributed by atoms with Gasteiger partial charge >= 0.3 is 0 Å². The molecule has 0 spiro atoms. The van der Waals surface area contributed by atoms with E-state index in [1.54, 1.807) is 0 Å². The smallest absolute Gasteiger partial charge is 0.0961 e. The summed E-state index contributed by atoms with van der Waals surface area (Å²) < 4.78 is 3.05. The number of aromatic nitrogens is 2. The van der Waals surface area contributed by atoms with Gasteiger partial charge in [-0.25, -0.2) is 4.98 Å². The summed E-state index contributed by atoms with van der Waals surface area (Å²) in [5.74, 6) is 0. The van der Waals surface area contributed by atoms with Crippen molar-refractivity contribution in [2.75, 3.05) is 0 Å². The first kappa shape index (κ1) is 10.4. The van der Waals surface area contributed by atoms with Gasteiger partial charge in [0.25, 0.3) is 0 Å². The Bertz CT molecular complexity index is 526. The second kappa shape index (κ2) is 3.81. The normalized spacial score (nSPS) is 10.9. The molecule has 15 heavy (non-hydrogen) atoms. The van der Waals surface area contributed by atoms with Crippen molar-refractivity contribution in [1.82, 2.24) is 9.55 Å². The first-order valence-electron chi connectivity index (χ1n) is 4.83. The number of nitrogens with zero attached hydrogens (tertiary/aromatic N) is 2. The minimum absolute atomic E-state index is 0.763. The lowest BCUT2D eigenvalue weighted by molar-refractivity contribution is 0.844. The molecule has 3 heteroatoms. The van der Waals surface area contributed by atoms with E-state index in [9.17, 15) is 0 Å². The molecular formula is C12H13BrN2. The van der Waals surface area contributed by atoms with Crippen molar-refractivity contribution < 1.29 is 0 Å². The van der Waals surface area contributed by atoms with Crippen LogP contribution in [0.5, 0.6) is 0 Å². The molecule has 0 fully saturated rings. The Morgan fingerprint density at radius 2 is 2.07 bits per heavy atom. The van der Waals surface area contributed by atoms with E-state index < -0.39 is 0 Å². The molecule has 2 aromatic rings. The number of aryl methyl sites for hydroxylation is 2. The summed E-state index contributed by atoms with van der Waals surface area (Å²) in [5, 5.41) is 0. The lowest BCUT2D eigenvalue weighted by atomic mass is 10.1. The van der Waals surface area contributed by atoms with Gasteiger partial charge in [-0.2, -0.15) is 0 Å². The van der Waals surface area contributed by atoms with Gasteiger partial charge in [-0.05, 0) is 37.1 Å². The molecular weight excluding hydrogens is 252 g/mol. The fraction of sp³-hybridized carbons (Fsp3) is 0.250. The monoisotopic (exact) mass is 264 g/mol. The van der Waals surface area contributed by atoms with Crippen LogP contribution in [0.25, 0.3) is 11.0 Å². The van der Waals surface area contributed by atoms with E-state index in [-0.39, 0.29) is 0 Å². The summed E-state index contributed by atoms with van der Waals surface area (Å²) in [4.78, 5) is 4.37. The molecule has 2 nitrogen and oxygen atoms in total. The van der Waals surface area contributed by atoms with E-state index in [1.165, 1.54) is 16.6 Å². The first-order chi connectivity index (χ1) is 7.08. The quantitative estimate of drug-likeness (QED) is 0.811. The van der Waals surface area contributed by atoms with Crippen molar-refractivity contribution in [3.63, 3.8) is 0 Å². The van der Waals surface area contributed by atoms with Crippen molar-refractivity contribution in [2.45, 2.75) is 20.4 Å². The van der Waals surface area contributed by atoms with E-state index in [0.29, 0.717) is 0 Å². The van der Waals surface area contributed by atoms with Crippen LogP contribution in [0.4, 0.5) is 0 Å². The third-order valence-electron chi connectivity index (χ3n) is 2.58. The maximum atomic E-state index is 4.37. The number of benzene rings is 1. The van der Waals surface area contributed by atoms with E-state index >= 15 is 0 Å². The predicted molar refractivity (Wildman–Crippen MR) is 67.3 cm³/mol. The molecule has 0 radical (unpaired) electrons. The zero-order valence-electron chi connectivity index (χ0n) is 8.92. The molecule has 0 aliphatic heterocycles. The Morgan fingerprint density at radius 1 is 1.40 bits per heavy atom. The number of hydrogen-bond donors (Lipinski definition) is 0. The first-order valence-corrected chi connectivity index (χ1v) is 5.62. The predicted octanol–water partition coefficient (Wildman–Crippen LogP) is 3.56. The largest absolute Gasteiger partial charge is 0.326 e. The molecule has 0 amide bonds. The number of halogens is 1. The molecule has 0 saturated carbocycles. The fourth-order valence-corrected chi connectivity index (χ4v) is 1.89. The van der Waals surface area contributed by atoms with Crippen LogP contribution in [-0.4, -0.2) is 9.55 Å². The minimum atomic E-state index is 0.763. The van der Waals surface area contributed by atoms with E-state index in [0.717, 1.165) is 16.5 Å². The average Bonchev–Trinajstić information content (AvgIpc) is 2.49. The number of rotatable bonds is 2. The van der Waals surface area contributed by atoms with Crippen LogP contribution in [0.3, 0.4) is 0 Å². The van der Waals surface area contributed by atoms with Crippen LogP contribution < -0.4 is 0 Å². The topological polar surface area (TPSA) is 17.8 Å². The zero-order chi connectivity index (χ0) is 11.0. The van der Waals surface area contributed by atoms with Crippen molar-refractivity contribution >= 4 is 27.0 Å². The molecule has 2 rings (SSSR count). The van der Waals surface area contributed by atoms with Crippen LogP contribution in [0.15, 0.2) is 29.5 Å². The van der Waals surface area contributed by atoms with Gasteiger partial charge in [-0.15, -0.1) is 0 Å². The van der Waals surface area contributed by atoms with Gasteiger partial charge in [0.2, 0.25) is 0 Å². The maximum absolute atomic E-state index is 4.37. The molecule has 0 saturated heterocycles. The standard InChI is InChI=1S/C12H13BrN2/c1-8-4-11-12(5-9(8)2)15(7-14-11)6-10(3)13/h4-5,7H,3,6H2,1-2H3. The Balaban J connectivity index is 2.59. The minimum Gasteiger partial charge on any atom is -0.326 e. The van der Waals surface area contributed by atoms with Gasteiger partial charge in [-0.3, -0.25) is 0 Å². The van der Waals surface area contributed by atoms with Crippen LogP contribution >= 0.6 is 15.9 Å². The van der Waals surface area contributed by atoms with Crippen LogP contribution in [0, 0.1) is 13.8 Å². The summed E-state index contributed by atoms with van der Waals surface area (Å²) in [7, 11) is 0. The highest BCUT2D eigenvalue weighted by Gasteiger charge is 2.04. The zero-order valence-corrected chi connectivity index (χ0v) is 10.5. The van der Waals surface area contributed by atoms with Gasteiger partial charge in [0, 0.05) is 4.48 Å². The molecule has 0 bridgehead atoms. The van der Waals surface area contributed by atoms with Crippen molar-refractivity contribution in [2.24, 2.45) is 0 Å². The maximum Gasteiger partial charge on any atom is 0.0961 e. The Kier molecular flexibility index (Phi) is 2.65. The van der Waals surface area contributed by atoms with Crippen LogP contribution in [-0.2, 0) is 6.54 Å². The highest BCUT2D eigenvalue weighted by Crippen LogP contribution is 2.19. The molecule has 0 unspecified atom stereocenters. The summed E-state index contributed by atoms with van der Waals surface area (Å²) >= 11 is 3.37. The van der Waals surface area contributed by atoms with Crippen LogP contribution in [0.2, 0.25) is 0 Å². The van der Waals surface area contributed by atoms with E-state index in [1.807, 2.05) is 6.33 Å². The molecule has 1 aromatic heterocycles. The van der Waals surface area contributed by atoms with Gasteiger partial charge in [0.15, 0.2) is 0 Å². The van der Waals surface area contributed by atoms with Crippen molar-refractivity contribution in [3.05, 3.63) is 40.6 Å². The molecule has 78 valence electrons. The summed E-state index contributed by atoms with van der Waals surface area (Å²) in [6.07, 6.45) is 1.86. The number of imidazole rings is 1. The van der Waals surface area contributed by atoms with E-state index in [2.05, 4.69) is 58.0 Å². The molecule has 0 atom stereocenters. The molecule has 0 aliphatic carbocycles.